The zero-order valence-electron chi connectivity index (χ0n) is 12.9. The van der Waals surface area contributed by atoms with Crippen molar-refractivity contribution in [2.24, 2.45) is 11.3 Å². The molecule has 3 unspecified atom stereocenters. The van der Waals surface area contributed by atoms with Crippen LogP contribution in [0.5, 0.6) is 0 Å². The number of rotatable bonds is 5. The van der Waals surface area contributed by atoms with E-state index in [0.717, 1.165) is 19.4 Å². The number of amides is 2. The van der Waals surface area contributed by atoms with E-state index >= 15 is 0 Å². The maximum absolute atomic E-state index is 12.2. The van der Waals surface area contributed by atoms with E-state index in [2.05, 4.69) is 12.2 Å². The molecule has 21 heavy (non-hydrogen) atoms. The van der Waals surface area contributed by atoms with Crippen LogP contribution in [0.4, 0.5) is 4.79 Å². The van der Waals surface area contributed by atoms with Gasteiger partial charge >= 0.3 is 12.0 Å². The third-order valence-corrected chi connectivity index (χ3v) is 5.04. The maximum atomic E-state index is 12.2. The van der Waals surface area contributed by atoms with Gasteiger partial charge in [0, 0.05) is 32.2 Å². The van der Waals surface area contributed by atoms with Gasteiger partial charge in [0.25, 0.3) is 0 Å². The lowest BCUT2D eigenvalue weighted by Crippen LogP contribution is -2.43. The lowest BCUT2D eigenvalue weighted by Gasteiger charge is -2.24. The SMILES string of the molecule is CCC1OCCC1CNC(=O)N1CCC(CC)(C(=O)O)C1. The van der Waals surface area contributed by atoms with Gasteiger partial charge in [0.05, 0.1) is 11.5 Å². The predicted octanol–water partition coefficient (Wildman–Crippen LogP) is 1.70. The third-order valence-electron chi connectivity index (χ3n) is 5.04. The van der Waals surface area contributed by atoms with Gasteiger partial charge in [-0.05, 0) is 25.7 Å². The minimum atomic E-state index is -0.796. The summed E-state index contributed by atoms with van der Waals surface area (Å²) in [4.78, 5) is 25.2. The maximum Gasteiger partial charge on any atom is 0.317 e. The van der Waals surface area contributed by atoms with Crippen molar-refractivity contribution in [1.82, 2.24) is 10.2 Å². The molecule has 0 aromatic rings. The molecule has 3 atom stereocenters. The fourth-order valence-electron chi connectivity index (χ4n) is 3.37. The van der Waals surface area contributed by atoms with Crippen molar-refractivity contribution < 1.29 is 19.4 Å². The molecule has 2 rings (SSSR count). The number of nitrogens with one attached hydrogen (secondary N) is 1. The predicted molar refractivity (Wildman–Crippen MR) is 78.1 cm³/mol. The zero-order valence-corrected chi connectivity index (χ0v) is 12.9. The van der Waals surface area contributed by atoms with Crippen molar-refractivity contribution in [2.75, 3.05) is 26.2 Å². The first-order chi connectivity index (χ1) is 10.0. The smallest absolute Gasteiger partial charge is 0.317 e. The molecule has 2 aliphatic heterocycles. The quantitative estimate of drug-likeness (QED) is 0.809. The van der Waals surface area contributed by atoms with Crippen LogP contribution in [-0.4, -0.2) is 54.4 Å². The molecule has 0 bridgehead atoms. The molecular formula is C15H26N2O4. The number of aliphatic carboxylic acids is 1. The van der Waals surface area contributed by atoms with E-state index in [4.69, 9.17) is 4.74 Å². The molecule has 2 N–H and O–H groups in total. The molecule has 2 saturated heterocycles. The summed E-state index contributed by atoms with van der Waals surface area (Å²) in [5, 5.41) is 12.3. The Hall–Kier alpha value is -1.30. The standard InChI is InChI=1S/C15H26N2O4/c1-3-12-11(5-8-21-12)9-16-14(20)17-7-6-15(4-2,10-17)13(18)19/h11-12H,3-10H2,1-2H3,(H,16,20)(H,18,19). The first kappa shape index (κ1) is 16.1. The van der Waals surface area contributed by atoms with Crippen LogP contribution in [0.15, 0.2) is 0 Å². The third kappa shape index (κ3) is 3.31. The number of hydrogen-bond acceptors (Lipinski definition) is 3. The number of carbonyl (C=O) groups is 2. The molecule has 0 saturated carbocycles. The van der Waals surface area contributed by atoms with Crippen molar-refractivity contribution in [1.29, 1.82) is 0 Å². The molecule has 0 spiro atoms. The van der Waals surface area contributed by atoms with Gasteiger partial charge in [0.15, 0.2) is 0 Å². The Morgan fingerprint density at radius 2 is 2.19 bits per heavy atom. The van der Waals surface area contributed by atoms with Crippen molar-refractivity contribution >= 4 is 12.0 Å². The minimum Gasteiger partial charge on any atom is -0.481 e. The summed E-state index contributed by atoms with van der Waals surface area (Å²) < 4.78 is 5.61. The highest BCUT2D eigenvalue weighted by Crippen LogP contribution is 2.34. The summed E-state index contributed by atoms with van der Waals surface area (Å²) in [5.41, 5.74) is -0.764. The van der Waals surface area contributed by atoms with Crippen LogP contribution in [0.3, 0.4) is 0 Å². The molecule has 120 valence electrons. The topological polar surface area (TPSA) is 78.9 Å². The van der Waals surface area contributed by atoms with Crippen LogP contribution in [0.1, 0.15) is 39.5 Å². The largest absolute Gasteiger partial charge is 0.481 e. The molecule has 6 nitrogen and oxygen atoms in total. The average molecular weight is 298 g/mol. The molecular weight excluding hydrogens is 272 g/mol. The lowest BCUT2D eigenvalue weighted by molar-refractivity contribution is -0.148. The van der Waals surface area contributed by atoms with Crippen molar-refractivity contribution in [3.63, 3.8) is 0 Å². The second-order valence-corrected chi connectivity index (χ2v) is 6.16. The second-order valence-electron chi connectivity index (χ2n) is 6.16. The minimum absolute atomic E-state index is 0.145. The highest BCUT2D eigenvalue weighted by molar-refractivity contribution is 5.79. The summed E-state index contributed by atoms with van der Waals surface area (Å²) in [7, 11) is 0. The first-order valence-electron chi connectivity index (χ1n) is 7.90. The number of carboxylic acids is 1. The molecule has 0 radical (unpaired) electrons. The van der Waals surface area contributed by atoms with Crippen molar-refractivity contribution in [3.05, 3.63) is 0 Å². The van der Waals surface area contributed by atoms with E-state index in [0.29, 0.717) is 38.4 Å². The van der Waals surface area contributed by atoms with Gasteiger partial charge in [-0.2, -0.15) is 0 Å². The van der Waals surface area contributed by atoms with Crippen LogP contribution in [0, 0.1) is 11.3 Å². The van der Waals surface area contributed by atoms with E-state index in [-0.39, 0.29) is 12.1 Å². The molecule has 0 aromatic carbocycles. The van der Waals surface area contributed by atoms with Gasteiger partial charge in [-0.15, -0.1) is 0 Å². The van der Waals surface area contributed by atoms with Gasteiger partial charge in [-0.3, -0.25) is 4.79 Å². The number of likely N-dealkylation sites (tertiary alicyclic amines) is 1. The van der Waals surface area contributed by atoms with E-state index in [1.54, 1.807) is 4.90 Å². The highest BCUT2D eigenvalue weighted by atomic mass is 16.5. The molecule has 0 aliphatic carbocycles. The summed E-state index contributed by atoms with van der Waals surface area (Å²) in [5.74, 6) is -0.424. The first-order valence-corrected chi connectivity index (χ1v) is 7.90. The summed E-state index contributed by atoms with van der Waals surface area (Å²) in [6.45, 7) is 6.17. The summed E-state index contributed by atoms with van der Waals surface area (Å²) in [6.07, 6.45) is 3.27. The Bertz CT molecular complexity index is 401. The van der Waals surface area contributed by atoms with E-state index < -0.39 is 11.4 Å². The second kappa shape index (κ2) is 6.64. The molecule has 2 amide bonds. The van der Waals surface area contributed by atoms with Gasteiger partial charge in [-0.1, -0.05) is 13.8 Å². The van der Waals surface area contributed by atoms with Gasteiger partial charge < -0.3 is 20.1 Å². The Labute approximate surface area is 125 Å². The van der Waals surface area contributed by atoms with Crippen molar-refractivity contribution in [3.8, 4) is 0 Å². The molecule has 2 fully saturated rings. The Morgan fingerprint density at radius 3 is 2.76 bits per heavy atom. The van der Waals surface area contributed by atoms with Gasteiger partial charge in [-0.25, -0.2) is 4.79 Å². The molecule has 6 heteroatoms. The van der Waals surface area contributed by atoms with E-state index in [1.807, 2.05) is 6.92 Å². The molecule has 2 heterocycles. The van der Waals surface area contributed by atoms with Crippen LogP contribution >= 0.6 is 0 Å². The van der Waals surface area contributed by atoms with Crippen LogP contribution < -0.4 is 5.32 Å². The number of ether oxygens (including phenoxy) is 1. The Morgan fingerprint density at radius 1 is 1.43 bits per heavy atom. The lowest BCUT2D eigenvalue weighted by atomic mass is 9.84. The van der Waals surface area contributed by atoms with Gasteiger partial charge in [0.2, 0.25) is 0 Å². The normalized spacial score (nSPS) is 32.4. The molecule has 2 aliphatic rings. The summed E-state index contributed by atoms with van der Waals surface area (Å²) in [6, 6.07) is -0.145. The summed E-state index contributed by atoms with van der Waals surface area (Å²) >= 11 is 0. The number of carboxylic acid groups (broad SMARTS) is 1. The van der Waals surface area contributed by atoms with E-state index in [1.165, 1.54) is 0 Å². The number of urea groups is 1. The number of hydrogen-bond donors (Lipinski definition) is 2. The monoisotopic (exact) mass is 298 g/mol. The fourth-order valence-corrected chi connectivity index (χ4v) is 3.37. The fraction of sp³-hybridized carbons (Fsp3) is 0.867. The van der Waals surface area contributed by atoms with Crippen LogP contribution in [0.2, 0.25) is 0 Å². The Kier molecular flexibility index (Phi) is 5.08. The zero-order chi connectivity index (χ0) is 15.5. The van der Waals surface area contributed by atoms with Crippen LogP contribution in [0.25, 0.3) is 0 Å². The highest BCUT2D eigenvalue weighted by Gasteiger charge is 2.44. The van der Waals surface area contributed by atoms with Crippen LogP contribution in [-0.2, 0) is 9.53 Å². The molecule has 0 aromatic heterocycles. The van der Waals surface area contributed by atoms with Crippen molar-refractivity contribution in [2.45, 2.75) is 45.6 Å². The number of nitrogens with zero attached hydrogens (tertiary/aromatic N) is 1. The van der Waals surface area contributed by atoms with E-state index in [9.17, 15) is 14.7 Å². The van der Waals surface area contributed by atoms with Gasteiger partial charge in [0.1, 0.15) is 0 Å². The average Bonchev–Trinajstić information content (AvgIpc) is 3.11. The Balaban J connectivity index is 1.83. The number of carbonyl (C=O) groups excluding carboxylic acids is 1.